The number of nitrogens with one attached hydrogen (secondary N) is 1. The molecule has 0 aliphatic heterocycles. The summed E-state index contributed by atoms with van der Waals surface area (Å²) in [5, 5.41) is 0. The van der Waals surface area contributed by atoms with E-state index in [1.807, 2.05) is 24.3 Å². The minimum Gasteiger partial charge on any atom is -0.336 e. The summed E-state index contributed by atoms with van der Waals surface area (Å²) >= 11 is 14.7. The highest BCUT2D eigenvalue weighted by Crippen LogP contribution is 2.74. The molecule has 0 amide bonds. The van der Waals surface area contributed by atoms with Gasteiger partial charge in [0.05, 0.1) is 11.1 Å². The molecule has 5 aliphatic rings. The molecule has 4 fully saturated rings. The van der Waals surface area contributed by atoms with Crippen LogP contribution in [0.3, 0.4) is 0 Å². The molecule has 192 valence electrons. The van der Waals surface area contributed by atoms with Crippen LogP contribution < -0.4 is 0 Å². The molecule has 6 heteroatoms. The van der Waals surface area contributed by atoms with Gasteiger partial charge in [-0.25, -0.2) is 9.97 Å². The van der Waals surface area contributed by atoms with Crippen LogP contribution in [0, 0.1) is 28.1 Å². The third-order valence-corrected chi connectivity index (χ3v) is 11.4. The fraction of sp³-hybridized carbons (Fsp3) is 0.406. The topological polar surface area (TPSA) is 41.6 Å². The molecular weight excluding hydrogens is 523 g/mol. The summed E-state index contributed by atoms with van der Waals surface area (Å²) in [6.07, 6.45) is 15.1. The smallest absolute Gasteiger partial charge is 0.178 e. The molecular formula is C32H31N3S3. The highest BCUT2D eigenvalue weighted by Gasteiger charge is 2.67. The van der Waals surface area contributed by atoms with Gasteiger partial charge >= 0.3 is 0 Å². The molecule has 0 spiro atoms. The maximum atomic E-state index is 4.90. The van der Waals surface area contributed by atoms with E-state index in [2.05, 4.69) is 56.8 Å². The quantitative estimate of drug-likeness (QED) is 0.159. The highest BCUT2D eigenvalue weighted by atomic mass is 32.1. The molecule has 2 heterocycles. The molecule has 3 aromatic rings. The molecule has 0 atom stereocenters. The van der Waals surface area contributed by atoms with Crippen LogP contribution >= 0.6 is 37.9 Å². The molecule has 4 saturated carbocycles. The Morgan fingerprint density at radius 2 is 1.47 bits per heavy atom. The van der Waals surface area contributed by atoms with Crippen LogP contribution in [0.15, 0.2) is 60.5 Å². The van der Waals surface area contributed by atoms with Crippen LogP contribution in [0.5, 0.6) is 0 Å². The van der Waals surface area contributed by atoms with Gasteiger partial charge in [-0.2, -0.15) is 37.9 Å². The van der Waals surface area contributed by atoms with Crippen molar-refractivity contribution < 1.29 is 0 Å². The first-order chi connectivity index (χ1) is 18.4. The van der Waals surface area contributed by atoms with Crippen molar-refractivity contribution in [1.82, 2.24) is 15.0 Å². The Hall–Kier alpha value is -2.29. The predicted molar refractivity (Wildman–Crippen MR) is 165 cm³/mol. The van der Waals surface area contributed by atoms with Crippen molar-refractivity contribution in [2.75, 3.05) is 17.3 Å². The average molecular weight is 554 g/mol. The van der Waals surface area contributed by atoms with Crippen molar-refractivity contribution in [1.29, 1.82) is 0 Å². The normalized spacial score (nSPS) is 32.6. The van der Waals surface area contributed by atoms with E-state index in [9.17, 15) is 0 Å². The molecule has 0 unspecified atom stereocenters. The van der Waals surface area contributed by atoms with E-state index in [0.717, 1.165) is 45.3 Å². The summed E-state index contributed by atoms with van der Waals surface area (Å²) in [6.45, 7) is 0. The van der Waals surface area contributed by atoms with Crippen molar-refractivity contribution in [2.45, 2.75) is 43.9 Å². The minimum atomic E-state index is 0.196. The third kappa shape index (κ3) is 3.94. The Balaban J connectivity index is 1.17. The standard InChI is InChI=1S/C32H31N3S3/c36-19-29-13-30(20-37)15-31(14-29,21-38)18-32(16-29,17-30)25-9-7-22(8-10-25)5-6-23-11-26-28(33-12-23)35-27(34-26)24-3-1-2-4-24/h1-3,7-12,36-38H,13-21H2,(H,33,34,35). The summed E-state index contributed by atoms with van der Waals surface area (Å²) < 4.78 is 0. The molecule has 3 nitrogen and oxygen atoms in total. The lowest BCUT2D eigenvalue weighted by Crippen LogP contribution is -2.64. The number of fused-ring (bicyclic) bond motifs is 1. The summed E-state index contributed by atoms with van der Waals surface area (Å²) in [6, 6.07) is 11.1. The molecule has 5 aliphatic carbocycles. The Bertz CT molecular complexity index is 1540. The average Bonchev–Trinajstić information content (AvgIpc) is 3.61. The van der Waals surface area contributed by atoms with Gasteiger partial charge in [-0.1, -0.05) is 30.0 Å². The highest BCUT2D eigenvalue weighted by molar-refractivity contribution is 7.80. The number of H-pyrrole nitrogens is 1. The third-order valence-electron chi connectivity index (χ3n) is 9.44. The SMILES string of the molecule is SCC12CC3(CS)CC(CS)(C1)CC(c1ccc(C#Cc4cnc5nc(C6=C=CC=C6)[nH]c5c4)cc1)(C2)C3. The first kappa shape index (κ1) is 24.7. The van der Waals surface area contributed by atoms with E-state index < -0.39 is 0 Å². The van der Waals surface area contributed by atoms with Crippen molar-refractivity contribution in [3.8, 4) is 11.8 Å². The molecule has 2 aromatic heterocycles. The number of aromatic amines is 1. The maximum Gasteiger partial charge on any atom is 0.178 e. The van der Waals surface area contributed by atoms with Gasteiger partial charge in [0.2, 0.25) is 0 Å². The number of benzene rings is 1. The second-order valence-corrected chi connectivity index (χ2v) is 13.4. The van der Waals surface area contributed by atoms with Gasteiger partial charge in [0, 0.05) is 17.3 Å². The molecule has 8 rings (SSSR count). The number of rotatable bonds is 5. The monoisotopic (exact) mass is 553 g/mol. The Labute approximate surface area is 240 Å². The fourth-order valence-corrected chi connectivity index (χ4v) is 9.73. The number of pyridine rings is 1. The van der Waals surface area contributed by atoms with Crippen molar-refractivity contribution in [3.05, 3.63) is 83.0 Å². The van der Waals surface area contributed by atoms with E-state index in [-0.39, 0.29) is 5.41 Å². The van der Waals surface area contributed by atoms with E-state index in [1.165, 1.54) is 44.1 Å². The van der Waals surface area contributed by atoms with Gasteiger partial charge in [0.25, 0.3) is 0 Å². The van der Waals surface area contributed by atoms with E-state index >= 15 is 0 Å². The van der Waals surface area contributed by atoms with Crippen LogP contribution in [0.1, 0.15) is 61.0 Å². The minimum absolute atomic E-state index is 0.196. The Kier molecular flexibility index (Phi) is 5.77. The summed E-state index contributed by atoms with van der Waals surface area (Å²) in [4.78, 5) is 12.4. The van der Waals surface area contributed by atoms with Gasteiger partial charge in [0.15, 0.2) is 5.65 Å². The van der Waals surface area contributed by atoms with Crippen molar-refractivity contribution >= 4 is 54.6 Å². The van der Waals surface area contributed by atoms with Crippen LogP contribution in [-0.4, -0.2) is 32.2 Å². The maximum absolute atomic E-state index is 4.90. The number of nitrogens with zero attached hydrogens (tertiary/aromatic N) is 2. The largest absolute Gasteiger partial charge is 0.336 e. The zero-order valence-corrected chi connectivity index (χ0v) is 24.0. The number of hydrogen-bond acceptors (Lipinski definition) is 5. The van der Waals surface area contributed by atoms with Crippen LogP contribution in [0.4, 0.5) is 0 Å². The zero-order valence-electron chi connectivity index (χ0n) is 21.3. The predicted octanol–water partition coefficient (Wildman–Crippen LogP) is 6.83. The lowest BCUT2D eigenvalue weighted by atomic mass is 9.35. The molecule has 38 heavy (non-hydrogen) atoms. The number of hydrogen-bond donors (Lipinski definition) is 4. The number of allylic oxidation sites excluding steroid dienone is 3. The van der Waals surface area contributed by atoms with Crippen molar-refractivity contribution in [2.24, 2.45) is 16.2 Å². The Morgan fingerprint density at radius 1 is 0.842 bits per heavy atom. The molecule has 1 N–H and O–H groups in total. The van der Waals surface area contributed by atoms with Gasteiger partial charge in [-0.3, -0.25) is 0 Å². The lowest BCUT2D eigenvalue weighted by Gasteiger charge is -2.71. The van der Waals surface area contributed by atoms with Gasteiger partial charge in [-0.05, 0) is 113 Å². The summed E-state index contributed by atoms with van der Waals surface area (Å²) in [5.41, 5.74) is 10.2. The first-order valence-electron chi connectivity index (χ1n) is 13.4. The number of thiol groups is 3. The number of imidazole rings is 1. The van der Waals surface area contributed by atoms with Crippen molar-refractivity contribution in [3.63, 3.8) is 0 Å². The van der Waals surface area contributed by atoms with Gasteiger partial charge < -0.3 is 4.98 Å². The van der Waals surface area contributed by atoms with Crippen LogP contribution in [-0.2, 0) is 5.41 Å². The second-order valence-electron chi connectivity index (χ2n) is 12.4. The molecule has 1 aromatic carbocycles. The molecule has 0 radical (unpaired) electrons. The summed E-state index contributed by atoms with van der Waals surface area (Å²) in [5.74, 6) is 10.3. The van der Waals surface area contributed by atoms with Gasteiger partial charge in [0.1, 0.15) is 5.82 Å². The van der Waals surface area contributed by atoms with E-state index in [0.29, 0.717) is 21.9 Å². The molecule has 4 bridgehead atoms. The second kappa shape index (κ2) is 8.86. The van der Waals surface area contributed by atoms with Crippen LogP contribution in [0.2, 0.25) is 0 Å². The lowest BCUT2D eigenvalue weighted by molar-refractivity contribution is -0.145. The molecule has 0 saturated heterocycles. The number of aromatic nitrogens is 3. The Morgan fingerprint density at radius 3 is 2.05 bits per heavy atom. The summed E-state index contributed by atoms with van der Waals surface area (Å²) in [7, 11) is 0. The van der Waals surface area contributed by atoms with Gasteiger partial charge in [-0.15, -0.1) is 5.73 Å². The van der Waals surface area contributed by atoms with Crippen LogP contribution in [0.25, 0.3) is 16.7 Å². The zero-order chi connectivity index (χ0) is 26.0. The fourth-order valence-electron chi connectivity index (χ4n) is 8.72. The van der Waals surface area contributed by atoms with E-state index in [4.69, 9.17) is 37.9 Å². The first-order valence-corrected chi connectivity index (χ1v) is 15.3. The van der Waals surface area contributed by atoms with E-state index in [1.54, 1.807) is 6.20 Å².